The molecule has 0 saturated heterocycles. The maximum Gasteiger partial charge on any atom is 0.0402 e. The van der Waals surface area contributed by atoms with Crippen LogP contribution < -0.4 is 11.1 Å². The maximum atomic E-state index is 5.75. The van der Waals surface area contributed by atoms with E-state index in [1.54, 1.807) is 12.4 Å². The SMILES string of the molecule is Cc1ccc(N)cc1NCc1ccncc1. The number of nitrogen functional groups attached to an aromatic ring is 1. The molecule has 0 bridgehead atoms. The number of nitrogens with two attached hydrogens (primary N) is 1. The minimum Gasteiger partial charge on any atom is -0.399 e. The van der Waals surface area contributed by atoms with Gasteiger partial charge in [0.1, 0.15) is 0 Å². The molecule has 0 atom stereocenters. The number of nitrogens with one attached hydrogen (secondary N) is 1. The Balaban J connectivity index is 2.08. The predicted octanol–water partition coefficient (Wildman–Crippen LogP) is 2.58. The Bertz CT molecular complexity index is 466. The van der Waals surface area contributed by atoms with Crippen molar-refractivity contribution in [3.63, 3.8) is 0 Å². The highest BCUT2D eigenvalue weighted by atomic mass is 14.9. The molecule has 2 rings (SSSR count). The van der Waals surface area contributed by atoms with Gasteiger partial charge in [-0.25, -0.2) is 0 Å². The zero-order valence-electron chi connectivity index (χ0n) is 9.27. The lowest BCUT2D eigenvalue weighted by Crippen LogP contribution is -2.01. The molecule has 16 heavy (non-hydrogen) atoms. The predicted molar refractivity (Wildman–Crippen MR) is 67.2 cm³/mol. The standard InChI is InChI=1S/C13H15N3/c1-10-2-3-12(14)8-13(10)16-9-11-4-6-15-7-5-11/h2-8,16H,9,14H2,1H3. The first-order valence-electron chi connectivity index (χ1n) is 5.24. The average Bonchev–Trinajstić information content (AvgIpc) is 2.32. The van der Waals surface area contributed by atoms with Crippen molar-refractivity contribution in [1.29, 1.82) is 0 Å². The summed E-state index contributed by atoms with van der Waals surface area (Å²) >= 11 is 0. The quantitative estimate of drug-likeness (QED) is 0.770. The van der Waals surface area contributed by atoms with Crippen LogP contribution in [0.4, 0.5) is 11.4 Å². The molecule has 3 heteroatoms. The minimum atomic E-state index is 0.780. The number of hydrogen-bond donors (Lipinski definition) is 2. The summed E-state index contributed by atoms with van der Waals surface area (Å²) in [7, 11) is 0. The zero-order chi connectivity index (χ0) is 11.4. The Morgan fingerprint density at radius 3 is 2.69 bits per heavy atom. The number of benzene rings is 1. The second-order valence-corrected chi connectivity index (χ2v) is 3.78. The molecule has 1 heterocycles. The molecule has 0 amide bonds. The molecule has 82 valence electrons. The molecule has 3 N–H and O–H groups in total. The third kappa shape index (κ3) is 2.51. The van der Waals surface area contributed by atoms with Crippen molar-refractivity contribution in [3.8, 4) is 0 Å². The number of rotatable bonds is 3. The molecule has 0 radical (unpaired) electrons. The van der Waals surface area contributed by atoms with Gasteiger partial charge >= 0.3 is 0 Å². The molecule has 0 unspecified atom stereocenters. The number of pyridine rings is 1. The molecular formula is C13H15N3. The number of anilines is 2. The van der Waals surface area contributed by atoms with Gasteiger partial charge in [0.15, 0.2) is 0 Å². The van der Waals surface area contributed by atoms with Crippen molar-refractivity contribution < 1.29 is 0 Å². The van der Waals surface area contributed by atoms with Crippen LogP contribution in [0.5, 0.6) is 0 Å². The van der Waals surface area contributed by atoms with E-state index >= 15 is 0 Å². The molecule has 1 aromatic carbocycles. The highest BCUT2D eigenvalue weighted by molar-refractivity contribution is 5.59. The minimum absolute atomic E-state index is 0.780. The van der Waals surface area contributed by atoms with E-state index in [1.165, 1.54) is 11.1 Å². The van der Waals surface area contributed by atoms with Crippen molar-refractivity contribution in [1.82, 2.24) is 4.98 Å². The van der Waals surface area contributed by atoms with E-state index in [-0.39, 0.29) is 0 Å². The Morgan fingerprint density at radius 2 is 1.94 bits per heavy atom. The third-order valence-electron chi connectivity index (χ3n) is 2.49. The fourth-order valence-corrected chi connectivity index (χ4v) is 1.53. The number of aryl methyl sites for hydroxylation is 1. The van der Waals surface area contributed by atoms with Gasteiger partial charge in [0, 0.05) is 30.3 Å². The van der Waals surface area contributed by atoms with Crippen molar-refractivity contribution >= 4 is 11.4 Å². The van der Waals surface area contributed by atoms with E-state index < -0.39 is 0 Å². The summed E-state index contributed by atoms with van der Waals surface area (Å²) in [6.45, 7) is 2.85. The molecule has 1 aromatic heterocycles. The van der Waals surface area contributed by atoms with Gasteiger partial charge < -0.3 is 11.1 Å². The fourth-order valence-electron chi connectivity index (χ4n) is 1.53. The summed E-state index contributed by atoms with van der Waals surface area (Å²) in [6.07, 6.45) is 3.59. The van der Waals surface area contributed by atoms with Crippen LogP contribution >= 0.6 is 0 Å². The van der Waals surface area contributed by atoms with Gasteiger partial charge in [0.05, 0.1) is 0 Å². The molecule has 2 aromatic rings. The second-order valence-electron chi connectivity index (χ2n) is 3.78. The van der Waals surface area contributed by atoms with Crippen LogP contribution in [-0.4, -0.2) is 4.98 Å². The van der Waals surface area contributed by atoms with Crippen LogP contribution in [0.3, 0.4) is 0 Å². The van der Waals surface area contributed by atoms with E-state index in [1.807, 2.05) is 30.3 Å². The van der Waals surface area contributed by atoms with Crippen molar-refractivity contribution in [2.24, 2.45) is 0 Å². The van der Waals surface area contributed by atoms with E-state index in [0.717, 1.165) is 17.9 Å². The summed E-state index contributed by atoms with van der Waals surface area (Å²) < 4.78 is 0. The van der Waals surface area contributed by atoms with Gasteiger partial charge in [0.2, 0.25) is 0 Å². The highest BCUT2D eigenvalue weighted by Crippen LogP contribution is 2.18. The summed E-state index contributed by atoms with van der Waals surface area (Å²) in [4.78, 5) is 3.98. The normalized spacial score (nSPS) is 10.1. The third-order valence-corrected chi connectivity index (χ3v) is 2.49. The lowest BCUT2D eigenvalue weighted by atomic mass is 10.1. The summed E-state index contributed by atoms with van der Waals surface area (Å²) in [5, 5.41) is 3.36. The first-order valence-corrected chi connectivity index (χ1v) is 5.24. The van der Waals surface area contributed by atoms with Crippen molar-refractivity contribution in [2.45, 2.75) is 13.5 Å². The lowest BCUT2D eigenvalue weighted by molar-refractivity contribution is 1.12. The summed E-state index contributed by atoms with van der Waals surface area (Å²) in [5.41, 5.74) is 10.0. The van der Waals surface area contributed by atoms with Crippen molar-refractivity contribution in [2.75, 3.05) is 11.1 Å². The molecular weight excluding hydrogens is 198 g/mol. The van der Waals surface area contributed by atoms with Gasteiger partial charge in [-0.1, -0.05) is 6.07 Å². The van der Waals surface area contributed by atoms with Gasteiger partial charge in [-0.3, -0.25) is 4.98 Å². The first-order chi connectivity index (χ1) is 7.75. The first kappa shape index (κ1) is 10.5. The van der Waals surface area contributed by atoms with Crippen LogP contribution in [0.15, 0.2) is 42.7 Å². The molecule has 3 nitrogen and oxygen atoms in total. The highest BCUT2D eigenvalue weighted by Gasteiger charge is 1.98. The average molecular weight is 213 g/mol. The topological polar surface area (TPSA) is 50.9 Å². The summed E-state index contributed by atoms with van der Waals surface area (Å²) in [5.74, 6) is 0. The maximum absolute atomic E-state index is 5.75. The second kappa shape index (κ2) is 4.66. The van der Waals surface area contributed by atoms with Gasteiger partial charge in [-0.15, -0.1) is 0 Å². The van der Waals surface area contributed by atoms with Crippen LogP contribution in [0.25, 0.3) is 0 Å². The molecule has 0 fully saturated rings. The molecule has 0 spiro atoms. The van der Waals surface area contributed by atoms with E-state index in [2.05, 4.69) is 17.2 Å². The number of hydrogen-bond acceptors (Lipinski definition) is 3. The molecule has 0 aliphatic rings. The van der Waals surface area contributed by atoms with Crippen LogP contribution in [0.2, 0.25) is 0 Å². The zero-order valence-corrected chi connectivity index (χ0v) is 9.27. The van der Waals surface area contributed by atoms with Gasteiger partial charge in [-0.05, 0) is 42.3 Å². The van der Waals surface area contributed by atoms with Gasteiger partial charge in [-0.2, -0.15) is 0 Å². The molecule has 0 aliphatic carbocycles. The monoisotopic (exact) mass is 213 g/mol. The van der Waals surface area contributed by atoms with E-state index in [9.17, 15) is 0 Å². The van der Waals surface area contributed by atoms with E-state index in [4.69, 9.17) is 5.73 Å². The van der Waals surface area contributed by atoms with Crippen LogP contribution in [0, 0.1) is 6.92 Å². The largest absolute Gasteiger partial charge is 0.399 e. The molecule has 0 saturated carbocycles. The van der Waals surface area contributed by atoms with Crippen molar-refractivity contribution in [3.05, 3.63) is 53.9 Å². The van der Waals surface area contributed by atoms with E-state index in [0.29, 0.717) is 0 Å². The Morgan fingerprint density at radius 1 is 1.19 bits per heavy atom. The fraction of sp³-hybridized carbons (Fsp3) is 0.154. The summed E-state index contributed by atoms with van der Waals surface area (Å²) in [6, 6.07) is 9.87. The van der Waals surface area contributed by atoms with Gasteiger partial charge in [0.25, 0.3) is 0 Å². The lowest BCUT2D eigenvalue weighted by Gasteiger charge is -2.10. The number of aromatic nitrogens is 1. The Labute approximate surface area is 95.3 Å². The Hall–Kier alpha value is -2.03. The van der Waals surface area contributed by atoms with Crippen LogP contribution in [-0.2, 0) is 6.54 Å². The number of nitrogens with zero attached hydrogens (tertiary/aromatic N) is 1. The molecule has 0 aliphatic heterocycles. The smallest absolute Gasteiger partial charge is 0.0402 e. The van der Waals surface area contributed by atoms with Crippen LogP contribution in [0.1, 0.15) is 11.1 Å². The Kier molecular flexibility index (Phi) is 3.05.